The monoisotopic (exact) mass is 212 g/mol. The fraction of sp³-hybridized carbons (Fsp3) is 0.500. The number of nitrogens with zero attached hydrogens (tertiary/aromatic N) is 1. The Morgan fingerprint density at radius 2 is 2.50 bits per heavy atom. The van der Waals surface area contributed by atoms with Crippen LogP contribution in [0, 0.1) is 5.92 Å². The van der Waals surface area contributed by atoms with E-state index in [2.05, 4.69) is 4.98 Å². The summed E-state index contributed by atoms with van der Waals surface area (Å²) in [5.41, 5.74) is 6.86. The zero-order valence-electron chi connectivity index (χ0n) is 7.82. The Morgan fingerprint density at radius 1 is 1.64 bits per heavy atom. The Morgan fingerprint density at radius 3 is 3.14 bits per heavy atom. The van der Waals surface area contributed by atoms with Gasteiger partial charge in [0.1, 0.15) is 0 Å². The first-order valence-electron chi connectivity index (χ1n) is 4.73. The molecule has 76 valence electrons. The summed E-state index contributed by atoms with van der Waals surface area (Å²) in [6, 6.07) is 3.52. The highest BCUT2D eigenvalue weighted by Gasteiger charge is 2.26. The molecule has 2 rings (SSSR count). The van der Waals surface area contributed by atoms with Gasteiger partial charge in [-0.25, -0.2) is 0 Å². The van der Waals surface area contributed by atoms with Crippen LogP contribution < -0.4 is 5.73 Å². The van der Waals surface area contributed by atoms with E-state index in [1.165, 1.54) is 0 Å². The van der Waals surface area contributed by atoms with E-state index in [9.17, 15) is 0 Å². The van der Waals surface area contributed by atoms with Crippen LogP contribution in [0.3, 0.4) is 0 Å². The molecular weight excluding hydrogens is 200 g/mol. The van der Waals surface area contributed by atoms with E-state index in [-0.39, 0.29) is 6.04 Å². The van der Waals surface area contributed by atoms with Crippen LogP contribution in [0.5, 0.6) is 0 Å². The summed E-state index contributed by atoms with van der Waals surface area (Å²) in [6.07, 6.45) is 2.71. The van der Waals surface area contributed by atoms with Gasteiger partial charge in [-0.2, -0.15) is 0 Å². The summed E-state index contributed by atoms with van der Waals surface area (Å²) in [5.74, 6) is 0.349. The highest BCUT2D eigenvalue weighted by molar-refractivity contribution is 6.31. The molecule has 14 heavy (non-hydrogen) atoms. The van der Waals surface area contributed by atoms with E-state index in [0.29, 0.717) is 17.5 Å². The van der Waals surface area contributed by atoms with E-state index in [0.717, 1.165) is 18.7 Å². The molecule has 2 atom stereocenters. The van der Waals surface area contributed by atoms with Crippen molar-refractivity contribution in [3.63, 3.8) is 0 Å². The van der Waals surface area contributed by atoms with Crippen LogP contribution in [0.25, 0.3) is 0 Å². The summed E-state index contributed by atoms with van der Waals surface area (Å²) >= 11 is 6.01. The summed E-state index contributed by atoms with van der Waals surface area (Å²) in [5, 5.41) is 0.645. The molecule has 2 heterocycles. The molecular formula is C10H13ClN2O. The molecule has 3 nitrogen and oxygen atoms in total. The molecule has 1 aromatic heterocycles. The molecule has 4 heteroatoms. The quantitative estimate of drug-likeness (QED) is 0.813. The first kappa shape index (κ1) is 9.90. The van der Waals surface area contributed by atoms with E-state index < -0.39 is 0 Å². The predicted molar refractivity (Wildman–Crippen MR) is 55.1 cm³/mol. The molecule has 0 radical (unpaired) electrons. The Balaban J connectivity index is 2.17. The molecule has 0 spiro atoms. The lowest BCUT2D eigenvalue weighted by Crippen LogP contribution is -2.22. The molecule has 1 aromatic rings. The fourth-order valence-corrected chi connectivity index (χ4v) is 1.95. The minimum atomic E-state index is -0.105. The molecule has 1 aliphatic rings. The van der Waals surface area contributed by atoms with Crippen molar-refractivity contribution < 1.29 is 4.74 Å². The third-order valence-corrected chi connectivity index (χ3v) is 2.90. The van der Waals surface area contributed by atoms with Gasteiger partial charge < -0.3 is 10.5 Å². The first-order chi connectivity index (χ1) is 6.79. The van der Waals surface area contributed by atoms with Crippen molar-refractivity contribution in [2.24, 2.45) is 11.7 Å². The van der Waals surface area contributed by atoms with Crippen LogP contribution in [-0.4, -0.2) is 18.2 Å². The molecule has 2 N–H and O–H groups in total. The zero-order chi connectivity index (χ0) is 9.97. The molecule has 2 unspecified atom stereocenters. The first-order valence-corrected chi connectivity index (χ1v) is 5.10. The molecule has 0 aliphatic carbocycles. The maximum Gasteiger partial charge on any atom is 0.0760 e. The maximum absolute atomic E-state index is 6.07. The van der Waals surface area contributed by atoms with Gasteiger partial charge in [0.05, 0.1) is 23.4 Å². The fourth-order valence-electron chi connectivity index (χ4n) is 1.70. The van der Waals surface area contributed by atoms with Crippen molar-refractivity contribution in [1.82, 2.24) is 4.98 Å². The van der Waals surface area contributed by atoms with Gasteiger partial charge in [-0.3, -0.25) is 4.98 Å². The average Bonchev–Trinajstić information content (AvgIpc) is 2.70. The molecule has 0 aromatic carbocycles. The van der Waals surface area contributed by atoms with Crippen molar-refractivity contribution in [3.05, 3.63) is 29.0 Å². The number of halogens is 1. The number of nitrogens with two attached hydrogens (primary N) is 1. The normalized spacial score (nSPS) is 23.7. The summed E-state index contributed by atoms with van der Waals surface area (Å²) in [4.78, 5) is 4.21. The van der Waals surface area contributed by atoms with Crippen LogP contribution in [-0.2, 0) is 4.74 Å². The molecule has 1 fully saturated rings. The smallest absolute Gasteiger partial charge is 0.0760 e. The lowest BCUT2D eigenvalue weighted by molar-refractivity contribution is 0.180. The van der Waals surface area contributed by atoms with Crippen molar-refractivity contribution >= 4 is 11.6 Å². The number of hydrogen-bond donors (Lipinski definition) is 1. The predicted octanol–water partition coefficient (Wildman–Crippen LogP) is 1.77. The standard InChI is InChI=1S/C10H13ClN2O/c11-8-2-1-4-13-10(8)9(12)7-3-5-14-6-7/h1-2,4,7,9H,3,5-6,12H2. The van der Waals surface area contributed by atoms with Crippen LogP contribution in [0.4, 0.5) is 0 Å². The van der Waals surface area contributed by atoms with Crippen LogP contribution >= 0.6 is 11.6 Å². The van der Waals surface area contributed by atoms with E-state index in [1.807, 2.05) is 12.1 Å². The SMILES string of the molecule is NC(c1ncccc1Cl)C1CCOC1. The van der Waals surface area contributed by atoms with E-state index in [4.69, 9.17) is 22.1 Å². The lowest BCUT2D eigenvalue weighted by Gasteiger charge is -2.17. The second kappa shape index (κ2) is 4.26. The van der Waals surface area contributed by atoms with Crippen LogP contribution in [0.15, 0.2) is 18.3 Å². The van der Waals surface area contributed by atoms with Crippen LogP contribution in [0.2, 0.25) is 5.02 Å². The molecule has 0 amide bonds. The minimum absolute atomic E-state index is 0.105. The number of ether oxygens (including phenoxy) is 1. The van der Waals surface area contributed by atoms with Gasteiger partial charge in [-0.15, -0.1) is 0 Å². The highest BCUT2D eigenvalue weighted by Crippen LogP contribution is 2.29. The maximum atomic E-state index is 6.07. The Hall–Kier alpha value is -0.640. The number of hydrogen-bond acceptors (Lipinski definition) is 3. The largest absolute Gasteiger partial charge is 0.381 e. The molecule has 1 aliphatic heterocycles. The summed E-state index contributed by atoms with van der Waals surface area (Å²) in [6.45, 7) is 1.51. The van der Waals surface area contributed by atoms with E-state index in [1.54, 1.807) is 6.20 Å². The van der Waals surface area contributed by atoms with Crippen LogP contribution in [0.1, 0.15) is 18.2 Å². The van der Waals surface area contributed by atoms with Crippen molar-refractivity contribution in [2.45, 2.75) is 12.5 Å². The minimum Gasteiger partial charge on any atom is -0.381 e. The van der Waals surface area contributed by atoms with Gasteiger partial charge in [-0.05, 0) is 18.6 Å². The van der Waals surface area contributed by atoms with Gasteiger partial charge in [0.15, 0.2) is 0 Å². The number of aromatic nitrogens is 1. The second-order valence-corrected chi connectivity index (χ2v) is 3.93. The van der Waals surface area contributed by atoms with Gasteiger partial charge in [0.2, 0.25) is 0 Å². The molecule has 0 bridgehead atoms. The second-order valence-electron chi connectivity index (χ2n) is 3.52. The topological polar surface area (TPSA) is 48.1 Å². The molecule has 0 saturated carbocycles. The Bertz CT molecular complexity index is 313. The van der Waals surface area contributed by atoms with Gasteiger partial charge in [0.25, 0.3) is 0 Å². The average molecular weight is 213 g/mol. The highest BCUT2D eigenvalue weighted by atomic mass is 35.5. The summed E-state index contributed by atoms with van der Waals surface area (Å²) in [7, 11) is 0. The van der Waals surface area contributed by atoms with Gasteiger partial charge in [-0.1, -0.05) is 11.6 Å². The third kappa shape index (κ3) is 1.90. The van der Waals surface area contributed by atoms with Gasteiger partial charge in [0, 0.05) is 18.7 Å². The lowest BCUT2D eigenvalue weighted by atomic mass is 9.97. The zero-order valence-corrected chi connectivity index (χ0v) is 8.57. The van der Waals surface area contributed by atoms with Gasteiger partial charge >= 0.3 is 0 Å². The van der Waals surface area contributed by atoms with Crippen molar-refractivity contribution in [2.75, 3.05) is 13.2 Å². The van der Waals surface area contributed by atoms with Crippen molar-refractivity contribution in [1.29, 1.82) is 0 Å². The number of pyridine rings is 1. The summed E-state index contributed by atoms with van der Waals surface area (Å²) < 4.78 is 5.29. The van der Waals surface area contributed by atoms with E-state index >= 15 is 0 Å². The molecule has 1 saturated heterocycles. The van der Waals surface area contributed by atoms with Crippen molar-refractivity contribution in [3.8, 4) is 0 Å². The Labute approximate surface area is 88.2 Å². The third-order valence-electron chi connectivity index (χ3n) is 2.58. The Kier molecular flexibility index (Phi) is 3.01. The number of rotatable bonds is 2.